The second kappa shape index (κ2) is 6.53. The van der Waals surface area contributed by atoms with Gasteiger partial charge in [0.1, 0.15) is 5.60 Å². The topological polar surface area (TPSA) is 67.9 Å². The number of amides is 2. The number of benzene rings is 1. The van der Waals surface area contributed by atoms with E-state index in [2.05, 4.69) is 5.32 Å². The van der Waals surface area contributed by atoms with E-state index in [1.54, 1.807) is 24.0 Å². The molecule has 2 amide bonds. The van der Waals surface area contributed by atoms with E-state index in [4.69, 9.17) is 9.47 Å². The molecular weight excluding hydrogens is 308 g/mol. The molecule has 2 saturated heterocycles. The molecule has 3 rings (SSSR count). The number of urea groups is 1. The Morgan fingerprint density at radius 2 is 2.17 bits per heavy atom. The average Bonchev–Trinajstić information content (AvgIpc) is 2.93. The summed E-state index contributed by atoms with van der Waals surface area (Å²) in [5, 5.41) is 2.92. The molecule has 0 bridgehead atoms. The average molecular weight is 332 g/mol. The van der Waals surface area contributed by atoms with Crippen LogP contribution in [0.4, 0.5) is 10.5 Å². The van der Waals surface area contributed by atoms with Crippen LogP contribution < -0.4 is 5.32 Å². The van der Waals surface area contributed by atoms with Crippen molar-refractivity contribution in [3.63, 3.8) is 0 Å². The van der Waals surface area contributed by atoms with Crippen molar-refractivity contribution < 1.29 is 19.1 Å². The van der Waals surface area contributed by atoms with Crippen molar-refractivity contribution in [3.8, 4) is 0 Å². The summed E-state index contributed by atoms with van der Waals surface area (Å²) in [5.74, 6) is 0.0237. The maximum absolute atomic E-state index is 12.6. The Kier molecular flexibility index (Phi) is 4.60. The maximum atomic E-state index is 12.6. The summed E-state index contributed by atoms with van der Waals surface area (Å²) in [7, 11) is 0. The van der Waals surface area contributed by atoms with E-state index in [0.29, 0.717) is 37.6 Å². The fourth-order valence-corrected chi connectivity index (χ4v) is 3.52. The molecule has 1 aromatic carbocycles. The number of nitrogens with zero attached hydrogens (tertiary/aromatic N) is 1. The normalized spacial score (nSPS) is 26.6. The summed E-state index contributed by atoms with van der Waals surface area (Å²) < 4.78 is 11.5. The van der Waals surface area contributed by atoms with E-state index in [1.807, 2.05) is 19.9 Å². The third kappa shape index (κ3) is 3.44. The molecule has 2 aliphatic rings. The molecule has 2 fully saturated rings. The van der Waals surface area contributed by atoms with Gasteiger partial charge in [-0.1, -0.05) is 0 Å². The number of hydrogen-bond acceptors (Lipinski definition) is 4. The maximum Gasteiger partial charge on any atom is 0.322 e. The van der Waals surface area contributed by atoms with Crippen molar-refractivity contribution in [3.05, 3.63) is 29.3 Å². The summed E-state index contributed by atoms with van der Waals surface area (Å²) in [6.45, 7) is 7.69. The van der Waals surface area contributed by atoms with Gasteiger partial charge in [-0.2, -0.15) is 0 Å². The van der Waals surface area contributed by atoms with Gasteiger partial charge in [0.25, 0.3) is 0 Å². The lowest BCUT2D eigenvalue weighted by Crippen LogP contribution is -2.57. The Labute approximate surface area is 142 Å². The Hall–Kier alpha value is -1.92. The van der Waals surface area contributed by atoms with Crippen LogP contribution >= 0.6 is 0 Å². The molecule has 6 heteroatoms. The number of carbonyl (C=O) groups excluding carboxylic acids is 2. The SMILES string of the molecule is CC(=O)c1ccc(NC(=O)N2C[C@@H](C)O[C@@]3(CCOC3)C2)cc1C. The van der Waals surface area contributed by atoms with E-state index in [1.165, 1.54) is 0 Å². The number of ether oxygens (including phenoxy) is 2. The molecule has 0 radical (unpaired) electrons. The minimum Gasteiger partial charge on any atom is -0.378 e. The van der Waals surface area contributed by atoms with Crippen molar-refractivity contribution >= 4 is 17.5 Å². The van der Waals surface area contributed by atoms with Crippen LogP contribution in [0.5, 0.6) is 0 Å². The van der Waals surface area contributed by atoms with E-state index in [-0.39, 0.29) is 23.5 Å². The number of aryl methyl sites for hydroxylation is 1. The molecule has 1 spiro atoms. The second-order valence-corrected chi connectivity index (χ2v) is 6.81. The second-order valence-electron chi connectivity index (χ2n) is 6.81. The van der Waals surface area contributed by atoms with Gasteiger partial charge >= 0.3 is 6.03 Å². The summed E-state index contributed by atoms with van der Waals surface area (Å²) in [6, 6.07) is 5.19. The summed E-state index contributed by atoms with van der Waals surface area (Å²) in [6.07, 6.45) is 0.793. The predicted molar refractivity (Wildman–Crippen MR) is 90.5 cm³/mol. The van der Waals surface area contributed by atoms with Gasteiger partial charge in [-0.25, -0.2) is 4.79 Å². The lowest BCUT2D eigenvalue weighted by Gasteiger charge is -2.42. The van der Waals surface area contributed by atoms with Crippen LogP contribution in [0.3, 0.4) is 0 Å². The van der Waals surface area contributed by atoms with Gasteiger partial charge in [0.2, 0.25) is 0 Å². The van der Waals surface area contributed by atoms with Crippen LogP contribution in [0.1, 0.15) is 36.2 Å². The zero-order chi connectivity index (χ0) is 17.3. The number of ketones is 1. The fraction of sp³-hybridized carbons (Fsp3) is 0.556. The van der Waals surface area contributed by atoms with Gasteiger partial charge in [-0.15, -0.1) is 0 Å². The number of Topliss-reactive ketones (excluding diaryl/α,β-unsaturated/α-hetero) is 1. The number of rotatable bonds is 2. The highest BCUT2D eigenvalue weighted by atomic mass is 16.6. The van der Waals surface area contributed by atoms with Crippen LogP contribution in [0.25, 0.3) is 0 Å². The number of anilines is 1. The molecule has 1 N–H and O–H groups in total. The van der Waals surface area contributed by atoms with Crippen LogP contribution in [0, 0.1) is 6.92 Å². The lowest BCUT2D eigenvalue weighted by atomic mass is 9.99. The minimum absolute atomic E-state index is 0.0203. The molecule has 0 aromatic heterocycles. The number of carbonyl (C=O) groups is 2. The first-order valence-corrected chi connectivity index (χ1v) is 8.32. The highest BCUT2D eigenvalue weighted by Crippen LogP contribution is 2.30. The van der Waals surface area contributed by atoms with Gasteiger partial charge in [0.05, 0.1) is 19.3 Å². The van der Waals surface area contributed by atoms with Gasteiger partial charge in [-0.3, -0.25) is 4.79 Å². The standard InChI is InChI=1S/C18H24N2O4/c1-12-8-15(4-5-16(12)14(3)21)19-17(22)20-9-13(2)24-18(10-20)6-7-23-11-18/h4-5,8,13H,6-7,9-11H2,1-3H3,(H,19,22)/t13-,18+/m1/s1. The smallest absolute Gasteiger partial charge is 0.322 e. The zero-order valence-corrected chi connectivity index (χ0v) is 14.4. The molecule has 24 heavy (non-hydrogen) atoms. The predicted octanol–water partition coefficient (Wildman–Crippen LogP) is 2.61. The fourth-order valence-electron chi connectivity index (χ4n) is 3.52. The van der Waals surface area contributed by atoms with Crippen LogP contribution in [-0.4, -0.2) is 54.7 Å². The number of hydrogen-bond donors (Lipinski definition) is 1. The molecule has 0 saturated carbocycles. The first kappa shape index (κ1) is 16.9. The highest BCUT2D eigenvalue weighted by molar-refractivity contribution is 5.97. The molecule has 1 aromatic rings. The summed E-state index contributed by atoms with van der Waals surface area (Å²) in [5.41, 5.74) is 1.85. The quantitative estimate of drug-likeness (QED) is 0.845. The molecule has 6 nitrogen and oxygen atoms in total. The van der Waals surface area contributed by atoms with Gasteiger partial charge < -0.3 is 19.7 Å². The molecule has 2 heterocycles. The zero-order valence-electron chi connectivity index (χ0n) is 14.4. The highest BCUT2D eigenvalue weighted by Gasteiger charge is 2.44. The first-order valence-electron chi connectivity index (χ1n) is 8.32. The number of morpholine rings is 1. The Bertz CT molecular complexity index is 652. The molecule has 0 aliphatic carbocycles. The monoisotopic (exact) mass is 332 g/mol. The van der Waals surface area contributed by atoms with Crippen molar-refractivity contribution in [2.75, 3.05) is 31.6 Å². The lowest BCUT2D eigenvalue weighted by molar-refractivity contribution is -0.136. The summed E-state index contributed by atoms with van der Waals surface area (Å²) in [4.78, 5) is 25.9. The van der Waals surface area contributed by atoms with Crippen LogP contribution in [-0.2, 0) is 9.47 Å². The molecule has 2 atom stereocenters. The van der Waals surface area contributed by atoms with Crippen molar-refractivity contribution in [2.24, 2.45) is 0 Å². The Morgan fingerprint density at radius 3 is 2.79 bits per heavy atom. The van der Waals surface area contributed by atoms with E-state index >= 15 is 0 Å². The van der Waals surface area contributed by atoms with Crippen molar-refractivity contribution in [2.45, 2.75) is 38.9 Å². The largest absolute Gasteiger partial charge is 0.378 e. The van der Waals surface area contributed by atoms with Crippen LogP contribution in [0.2, 0.25) is 0 Å². The first-order chi connectivity index (χ1) is 11.4. The van der Waals surface area contributed by atoms with E-state index in [9.17, 15) is 9.59 Å². The Balaban J connectivity index is 1.70. The Morgan fingerprint density at radius 1 is 1.38 bits per heavy atom. The van der Waals surface area contributed by atoms with E-state index < -0.39 is 0 Å². The molecule has 130 valence electrons. The molecular formula is C18H24N2O4. The van der Waals surface area contributed by atoms with Gasteiger partial charge in [0, 0.05) is 30.8 Å². The van der Waals surface area contributed by atoms with Crippen LogP contribution in [0.15, 0.2) is 18.2 Å². The van der Waals surface area contributed by atoms with Gasteiger partial charge in [0.15, 0.2) is 5.78 Å². The van der Waals surface area contributed by atoms with E-state index in [0.717, 1.165) is 12.0 Å². The molecule has 0 unspecified atom stereocenters. The van der Waals surface area contributed by atoms with Crippen molar-refractivity contribution in [1.29, 1.82) is 0 Å². The third-order valence-corrected chi connectivity index (χ3v) is 4.62. The van der Waals surface area contributed by atoms with Crippen molar-refractivity contribution in [1.82, 2.24) is 4.90 Å². The summed E-state index contributed by atoms with van der Waals surface area (Å²) >= 11 is 0. The third-order valence-electron chi connectivity index (χ3n) is 4.62. The molecule has 2 aliphatic heterocycles. The number of nitrogens with one attached hydrogen (secondary N) is 1. The minimum atomic E-state index is -0.372. The van der Waals surface area contributed by atoms with Gasteiger partial charge in [-0.05, 0) is 44.5 Å².